The van der Waals surface area contributed by atoms with Gasteiger partial charge in [-0.15, -0.1) is 0 Å². The van der Waals surface area contributed by atoms with E-state index in [4.69, 9.17) is 4.74 Å². The highest BCUT2D eigenvalue weighted by atomic mass is 16.5. The fraction of sp³-hybridized carbons (Fsp3) is 0.310. The molecule has 1 atom stereocenters. The van der Waals surface area contributed by atoms with Crippen molar-refractivity contribution < 1.29 is 14.3 Å². The molecule has 190 valence electrons. The number of ether oxygens (including phenoxy) is 1. The Morgan fingerprint density at radius 1 is 1.05 bits per heavy atom. The summed E-state index contributed by atoms with van der Waals surface area (Å²) in [7, 11) is 1.34. The van der Waals surface area contributed by atoms with Gasteiger partial charge in [0.2, 0.25) is 5.91 Å². The molecule has 0 bridgehead atoms. The van der Waals surface area contributed by atoms with Gasteiger partial charge in [0.15, 0.2) is 0 Å². The SMILES string of the molecule is COC(=O)[C@H](Cc1cn(Cc2ccccc2)cn1)NC(=O)C1CCN(c2cnc3ccccc3c2)CC1. The van der Waals surface area contributed by atoms with E-state index in [1.54, 1.807) is 6.33 Å². The highest BCUT2D eigenvalue weighted by molar-refractivity contribution is 5.86. The number of anilines is 1. The summed E-state index contributed by atoms with van der Waals surface area (Å²) < 4.78 is 6.95. The third kappa shape index (κ3) is 5.97. The molecule has 1 amide bonds. The zero-order valence-electron chi connectivity index (χ0n) is 20.9. The molecule has 1 aliphatic rings. The quantitative estimate of drug-likeness (QED) is 0.374. The van der Waals surface area contributed by atoms with Gasteiger partial charge in [-0.05, 0) is 30.5 Å². The number of nitrogens with one attached hydrogen (secondary N) is 1. The average molecular weight is 498 g/mol. The summed E-state index contributed by atoms with van der Waals surface area (Å²) in [6.07, 6.45) is 7.24. The fourth-order valence-corrected chi connectivity index (χ4v) is 4.86. The van der Waals surface area contributed by atoms with E-state index in [2.05, 4.69) is 44.5 Å². The first-order valence-corrected chi connectivity index (χ1v) is 12.6. The minimum atomic E-state index is -0.778. The fourth-order valence-electron chi connectivity index (χ4n) is 4.86. The number of benzene rings is 2. The van der Waals surface area contributed by atoms with Crippen LogP contribution in [0.5, 0.6) is 0 Å². The van der Waals surface area contributed by atoms with Crippen molar-refractivity contribution in [1.29, 1.82) is 0 Å². The maximum atomic E-state index is 13.1. The summed E-state index contributed by atoms with van der Waals surface area (Å²) >= 11 is 0. The normalized spacial score (nSPS) is 14.9. The smallest absolute Gasteiger partial charge is 0.328 e. The van der Waals surface area contributed by atoms with Crippen LogP contribution in [0, 0.1) is 5.92 Å². The van der Waals surface area contributed by atoms with E-state index in [0.717, 1.165) is 40.9 Å². The molecule has 0 saturated carbocycles. The molecule has 1 saturated heterocycles. The third-order valence-electron chi connectivity index (χ3n) is 6.92. The van der Waals surface area contributed by atoms with Crippen LogP contribution in [0.3, 0.4) is 0 Å². The summed E-state index contributed by atoms with van der Waals surface area (Å²) in [5.74, 6) is -0.742. The lowest BCUT2D eigenvalue weighted by Gasteiger charge is -2.33. The molecule has 8 nitrogen and oxygen atoms in total. The number of hydrogen-bond acceptors (Lipinski definition) is 6. The van der Waals surface area contributed by atoms with Gasteiger partial charge < -0.3 is 19.5 Å². The van der Waals surface area contributed by atoms with Crippen LogP contribution in [0.2, 0.25) is 0 Å². The highest BCUT2D eigenvalue weighted by Crippen LogP contribution is 2.25. The number of para-hydroxylation sites is 1. The van der Waals surface area contributed by atoms with E-state index in [-0.39, 0.29) is 18.2 Å². The number of nitrogens with zero attached hydrogens (tertiary/aromatic N) is 4. The first kappa shape index (κ1) is 24.5. The van der Waals surface area contributed by atoms with Gasteiger partial charge in [0, 0.05) is 43.6 Å². The maximum absolute atomic E-state index is 13.1. The van der Waals surface area contributed by atoms with Gasteiger partial charge in [0.25, 0.3) is 0 Å². The van der Waals surface area contributed by atoms with Crippen molar-refractivity contribution in [3.63, 3.8) is 0 Å². The topological polar surface area (TPSA) is 89.3 Å². The summed E-state index contributed by atoms with van der Waals surface area (Å²) in [5, 5.41) is 4.03. The van der Waals surface area contributed by atoms with Gasteiger partial charge in [0.05, 0.1) is 36.5 Å². The molecule has 0 unspecified atom stereocenters. The predicted octanol–water partition coefficient (Wildman–Crippen LogP) is 3.60. The lowest BCUT2D eigenvalue weighted by atomic mass is 9.95. The van der Waals surface area contributed by atoms with Crippen molar-refractivity contribution in [2.75, 3.05) is 25.1 Å². The monoisotopic (exact) mass is 497 g/mol. The van der Waals surface area contributed by atoms with E-state index < -0.39 is 12.0 Å². The number of carbonyl (C=O) groups is 2. The van der Waals surface area contributed by atoms with Gasteiger partial charge in [-0.1, -0.05) is 48.5 Å². The Morgan fingerprint density at radius 3 is 2.59 bits per heavy atom. The third-order valence-corrected chi connectivity index (χ3v) is 6.92. The molecule has 1 aliphatic heterocycles. The molecule has 1 N–H and O–H groups in total. The Morgan fingerprint density at radius 2 is 1.81 bits per heavy atom. The number of aromatic nitrogens is 3. The molecule has 0 spiro atoms. The molecule has 1 fully saturated rings. The number of pyridine rings is 1. The van der Waals surface area contributed by atoms with E-state index >= 15 is 0 Å². The summed E-state index contributed by atoms with van der Waals surface area (Å²) in [4.78, 5) is 36.9. The summed E-state index contributed by atoms with van der Waals surface area (Å²) in [6.45, 7) is 2.20. The number of hydrogen-bond donors (Lipinski definition) is 1. The van der Waals surface area contributed by atoms with Crippen LogP contribution in [0.25, 0.3) is 10.9 Å². The second kappa shape index (κ2) is 11.2. The molecule has 8 heteroatoms. The Balaban J connectivity index is 1.18. The highest BCUT2D eigenvalue weighted by Gasteiger charge is 2.30. The Bertz CT molecular complexity index is 1360. The Kier molecular flexibility index (Phi) is 7.44. The van der Waals surface area contributed by atoms with E-state index in [0.29, 0.717) is 19.4 Å². The van der Waals surface area contributed by atoms with Crippen LogP contribution in [0.15, 0.2) is 79.4 Å². The predicted molar refractivity (Wildman–Crippen MR) is 142 cm³/mol. The number of amides is 1. The first-order valence-electron chi connectivity index (χ1n) is 12.6. The van der Waals surface area contributed by atoms with Gasteiger partial charge in [-0.25, -0.2) is 9.78 Å². The second-order valence-electron chi connectivity index (χ2n) is 9.46. The van der Waals surface area contributed by atoms with Crippen LogP contribution in [-0.4, -0.2) is 52.7 Å². The van der Waals surface area contributed by atoms with E-state index in [9.17, 15) is 9.59 Å². The molecule has 4 aromatic rings. The van der Waals surface area contributed by atoms with E-state index in [1.165, 1.54) is 7.11 Å². The van der Waals surface area contributed by atoms with Crippen molar-refractivity contribution >= 4 is 28.5 Å². The molecule has 2 aromatic heterocycles. The lowest BCUT2D eigenvalue weighted by Crippen LogP contribution is -2.48. The van der Waals surface area contributed by atoms with Crippen molar-refractivity contribution in [3.8, 4) is 0 Å². The second-order valence-corrected chi connectivity index (χ2v) is 9.46. The largest absolute Gasteiger partial charge is 0.467 e. The van der Waals surface area contributed by atoms with Crippen molar-refractivity contribution in [1.82, 2.24) is 19.9 Å². The van der Waals surface area contributed by atoms with Crippen molar-refractivity contribution in [3.05, 3.63) is 90.6 Å². The zero-order chi connectivity index (χ0) is 25.6. The van der Waals surface area contributed by atoms with Crippen LogP contribution in [0.1, 0.15) is 24.1 Å². The molecule has 2 aromatic carbocycles. The maximum Gasteiger partial charge on any atom is 0.328 e. The minimum absolute atomic E-state index is 0.115. The van der Waals surface area contributed by atoms with Gasteiger partial charge in [0.1, 0.15) is 6.04 Å². The first-order chi connectivity index (χ1) is 18.1. The van der Waals surface area contributed by atoms with Crippen LogP contribution in [0.4, 0.5) is 5.69 Å². The molecule has 37 heavy (non-hydrogen) atoms. The Labute approximate surface area is 216 Å². The van der Waals surface area contributed by atoms with Gasteiger partial charge in [-0.2, -0.15) is 0 Å². The minimum Gasteiger partial charge on any atom is -0.467 e. The number of esters is 1. The molecule has 5 rings (SSSR count). The molecule has 0 aliphatic carbocycles. The summed E-state index contributed by atoms with van der Waals surface area (Å²) in [5.41, 5.74) is 3.93. The Hall–Kier alpha value is -4.20. The van der Waals surface area contributed by atoms with Crippen molar-refractivity contribution in [2.24, 2.45) is 5.92 Å². The number of imidazole rings is 1. The van der Waals surface area contributed by atoms with Crippen LogP contribution >= 0.6 is 0 Å². The van der Waals surface area contributed by atoms with Crippen LogP contribution < -0.4 is 10.2 Å². The van der Waals surface area contributed by atoms with Crippen LogP contribution in [-0.2, 0) is 27.3 Å². The number of piperidine rings is 1. The molecular weight excluding hydrogens is 466 g/mol. The van der Waals surface area contributed by atoms with Crippen molar-refractivity contribution in [2.45, 2.75) is 31.8 Å². The molecule has 3 heterocycles. The number of fused-ring (bicyclic) bond motifs is 1. The summed E-state index contributed by atoms with van der Waals surface area (Å²) in [6, 6.07) is 19.5. The lowest BCUT2D eigenvalue weighted by molar-refractivity contribution is -0.145. The zero-order valence-corrected chi connectivity index (χ0v) is 20.9. The standard InChI is InChI=1S/C29H31N5O3/c1-37-29(36)27(16-24-19-33(20-31-24)18-21-7-3-2-4-8-21)32-28(35)22-11-13-34(14-12-22)25-15-23-9-5-6-10-26(23)30-17-25/h2-10,15,17,19-20,22,27H,11-14,16,18H2,1H3,(H,32,35)/t27-/m0/s1. The number of methoxy groups -OCH3 is 1. The molecule has 0 radical (unpaired) electrons. The molecular formula is C29H31N5O3. The number of carbonyl (C=O) groups excluding carboxylic acids is 2. The van der Waals surface area contributed by atoms with E-state index in [1.807, 2.05) is 53.4 Å². The van der Waals surface area contributed by atoms with Gasteiger partial charge >= 0.3 is 5.97 Å². The van der Waals surface area contributed by atoms with Gasteiger partial charge in [-0.3, -0.25) is 9.78 Å². The number of rotatable bonds is 8. The average Bonchev–Trinajstić information content (AvgIpc) is 3.39.